The van der Waals surface area contributed by atoms with Gasteiger partial charge in [-0.15, -0.1) is 0 Å². The van der Waals surface area contributed by atoms with E-state index in [1.54, 1.807) is 29.1 Å². The maximum Gasteiger partial charge on any atom is 0.219 e. The first-order chi connectivity index (χ1) is 9.56. The van der Waals surface area contributed by atoms with Gasteiger partial charge in [0.05, 0.1) is 0 Å². The molecule has 1 heterocycles. The Morgan fingerprint density at radius 2 is 2.00 bits per heavy atom. The first kappa shape index (κ1) is 14.7. The van der Waals surface area contributed by atoms with E-state index in [4.69, 9.17) is 28.9 Å². The number of rotatable bonds is 6. The van der Waals surface area contributed by atoms with Crippen molar-refractivity contribution < 1.29 is 4.79 Å². The third kappa shape index (κ3) is 3.88. The Balaban J connectivity index is 1.96. The van der Waals surface area contributed by atoms with Gasteiger partial charge in [0.15, 0.2) is 0 Å². The molecule has 0 aliphatic rings. The van der Waals surface area contributed by atoms with E-state index in [9.17, 15) is 4.79 Å². The molecule has 0 unspecified atom stereocenters. The molecular formula is C13H14Cl2N4O. The van der Waals surface area contributed by atoms with Crippen LogP contribution in [0.25, 0.3) is 0 Å². The van der Waals surface area contributed by atoms with Crippen molar-refractivity contribution in [1.29, 1.82) is 0 Å². The Kier molecular flexibility index (Phi) is 4.87. The van der Waals surface area contributed by atoms with Crippen LogP contribution in [-0.2, 0) is 17.9 Å². The predicted molar refractivity (Wildman–Crippen MR) is 79.8 cm³/mol. The number of carbonyl (C=O) groups excluding carboxylic acids is 1. The molecular weight excluding hydrogens is 299 g/mol. The number of nitrogens with zero attached hydrogens (tertiary/aromatic N) is 2. The largest absolute Gasteiger partial charge is 0.370 e. The fraction of sp³-hybridized carbons (Fsp3) is 0.231. The van der Waals surface area contributed by atoms with Gasteiger partial charge in [-0.25, -0.2) is 0 Å². The standard InChI is InChI=1S/C13H14Cl2N4O/c14-10-2-1-3-11(15)9(10)8-17-13-5-7-19(18-13)6-4-12(16)20/h1-3,5,7H,4,6,8H2,(H2,16,20)(H,17,18). The number of amides is 1. The van der Waals surface area contributed by atoms with Gasteiger partial charge in [-0.05, 0) is 12.1 Å². The number of hydrogen-bond acceptors (Lipinski definition) is 3. The van der Waals surface area contributed by atoms with Crippen molar-refractivity contribution >= 4 is 34.9 Å². The number of nitrogens with one attached hydrogen (secondary N) is 1. The number of anilines is 1. The molecule has 1 amide bonds. The van der Waals surface area contributed by atoms with Crippen LogP contribution in [0.4, 0.5) is 5.82 Å². The van der Waals surface area contributed by atoms with Crippen molar-refractivity contribution in [3.05, 3.63) is 46.1 Å². The highest BCUT2D eigenvalue weighted by Crippen LogP contribution is 2.24. The topological polar surface area (TPSA) is 72.9 Å². The predicted octanol–water partition coefficient (Wildman–Crippen LogP) is 2.68. The van der Waals surface area contributed by atoms with Crippen LogP contribution in [0.1, 0.15) is 12.0 Å². The summed E-state index contributed by atoms with van der Waals surface area (Å²) in [4.78, 5) is 10.7. The van der Waals surface area contributed by atoms with Crippen LogP contribution in [0.5, 0.6) is 0 Å². The van der Waals surface area contributed by atoms with Gasteiger partial charge in [0.25, 0.3) is 0 Å². The summed E-state index contributed by atoms with van der Waals surface area (Å²) in [6.07, 6.45) is 2.04. The van der Waals surface area contributed by atoms with Gasteiger partial charge in [0.2, 0.25) is 5.91 Å². The van der Waals surface area contributed by atoms with E-state index in [0.29, 0.717) is 29.0 Å². The average molecular weight is 313 g/mol. The van der Waals surface area contributed by atoms with E-state index in [1.807, 2.05) is 6.07 Å². The lowest BCUT2D eigenvalue weighted by molar-refractivity contribution is -0.118. The van der Waals surface area contributed by atoms with Crippen LogP contribution < -0.4 is 11.1 Å². The maximum atomic E-state index is 10.7. The van der Waals surface area contributed by atoms with Crippen LogP contribution in [0, 0.1) is 0 Å². The first-order valence-electron chi connectivity index (χ1n) is 6.05. The molecule has 20 heavy (non-hydrogen) atoms. The Labute approximate surface area is 126 Å². The van der Waals surface area contributed by atoms with E-state index >= 15 is 0 Å². The number of carbonyl (C=O) groups is 1. The minimum absolute atomic E-state index is 0.261. The molecule has 106 valence electrons. The van der Waals surface area contributed by atoms with E-state index in [2.05, 4.69) is 10.4 Å². The average Bonchev–Trinajstić information content (AvgIpc) is 2.84. The normalized spacial score (nSPS) is 10.5. The third-order valence-electron chi connectivity index (χ3n) is 2.74. The molecule has 5 nitrogen and oxygen atoms in total. The summed E-state index contributed by atoms with van der Waals surface area (Å²) in [6.45, 7) is 0.940. The van der Waals surface area contributed by atoms with Crippen LogP contribution in [0.3, 0.4) is 0 Å². The zero-order chi connectivity index (χ0) is 14.5. The molecule has 0 atom stereocenters. The van der Waals surface area contributed by atoms with E-state index in [-0.39, 0.29) is 12.3 Å². The molecule has 3 N–H and O–H groups in total. The Bertz CT molecular complexity index is 592. The van der Waals surface area contributed by atoms with Crippen LogP contribution >= 0.6 is 23.2 Å². The van der Waals surface area contributed by atoms with Gasteiger partial charge >= 0.3 is 0 Å². The quantitative estimate of drug-likeness (QED) is 0.861. The van der Waals surface area contributed by atoms with Crippen LogP contribution in [0.2, 0.25) is 10.0 Å². The van der Waals surface area contributed by atoms with Crippen LogP contribution in [-0.4, -0.2) is 15.7 Å². The first-order valence-corrected chi connectivity index (χ1v) is 6.80. The summed E-state index contributed by atoms with van der Waals surface area (Å²) in [7, 11) is 0. The SMILES string of the molecule is NC(=O)CCn1ccc(NCc2c(Cl)cccc2Cl)n1. The zero-order valence-electron chi connectivity index (χ0n) is 10.6. The van der Waals surface area contributed by atoms with Gasteiger partial charge < -0.3 is 11.1 Å². The smallest absolute Gasteiger partial charge is 0.219 e. The summed E-state index contributed by atoms with van der Waals surface area (Å²) in [5.74, 6) is 0.336. The molecule has 2 rings (SSSR count). The van der Waals surface area contributed by atoms with Gasteiger partial charge in [0, 0.05) is 47.4 Å². The van der Waals surface area contributed by atoms with Gasteiger partial charge in [-0.1, -0.05) is 29.3 Å². The van der Waals surface area contributed by atoms with E-state index in [1.165, 1.54) is 0 Å². The Morgan fingerprint density at radius 3 is 2.65 bits per heavy atom. The van der Waals surface area contributed by atoms with E-state index < -0.39 is 0 Å². The van der Waals surface area contributed by atoms with Crippen LogP contribution in [0.15, 0.2) is 30.5 Å². The van der Waals surface area contributed by atoms with Gasteiger partial charge in [0.1, 0.15) is 5.82 Å². The number of hydrogen-bond donors (Lipinski definition) is 2. The maximum absolute atomic E-state index is 10.7. The minimum atomic E-state index is -0.349. The minimum Gasteiger partial charge on any atom is -0.370 e. The molecule has 0 spiro atoms. The van der Waals surface area contributed by atoms with Crippen molar-refractivity contribution in [2.75, 3.05) is 5.32 Å². The number of benzene rings is 1. The molecule has 0 aliphatic carbocycles. The molecule has 0 saturated carbocycles. The Morgan fingerprint density at radius 1 is 1.30 bits per heavy atom. The van der Waals surface area contributed by atoms with Crippen molar-refractivity contribution in [2.24, 2.45) is 5.73 Å². The molecule has 0 radical (unpaired) electrons. The summed E-state index contributed by atoms with van der Waals surface area (Å²) in [5.41, 5.74) is 5.91. The highest BCUT2D eigenvalue weighted by molar-refractivity contribution is 6.36. The lowest BCUT2D eigenvalue weighted by Gasteiger charge is -2.07. The Hall–Kier alpha value is -1.72. The molecule has 1 aromatic carbocycles. The van der Waals surface area contributed by atoms with Gasteiger partial charge in [-0.3, -0.25) is 9.48 Å². The number of aryl methyl sites for hydroxylation is 1. The second-order valence-electron chi connectivity index (χ2n) is 4.23. The van der Waals surface area contributed by atoms with Crippen molar-refractivity contribution in [3.63, 3.8) is 0 Å². The number of halogens is 2. The van der Waals surface area contributed by atoms with Crippen molar-refractivity contribution in [2.45, 2.75) is 19.5 Å². The molecule has 0 aliphatic heterocycles. The third-order valence-corrected chi connectivity index (χ3v) is 3.44. The molecule has 2 aromatic rings. The summed E-state index contributed by atoms with van der Waals surface area (Å²) < 4.78 is 1.65. The molecule has 0 fully saturated rings. The highest BCUT2D eigenvalue weighted by atomic mass is 35.5. The molecule has 1 aromatic heterocycles. The summed E-state index contributed by atoms with van der Waals surface area (Å²) >= 11 is 12.2. The van der Waals surface area contributed by atoms with Crippen molar-refractivity contribution in [3.8, 4) is 0 Å². The summed E-state index contributed by atoms with van der Waals surface area (Å²) in [5, 5.41) is 8.62. The van der Waals surface area contributed by atoms with Crippen molar-refractivity contribution in [1.82, 2.24) is 9.78 Å². The summed E-state index contributed by atoms with van der Waals surface area (Å²) in [6, 6.07) is 7.18. The molecule has 7 heteroatoms. The van der Waals surface area contributed by atoms with E-state index in [0.717, 1.165) is 5.56 Å². The number of nitrogens with two attached hydrogens (primary N) is 1. The zero-order valence-corrected chi connectivity index (χ0v) is 12.2. The fourth-order valence-corrected chi connectivity index (χ4v) is 2.22. The lowest BCUT2D eigenvalue weighted by Crippen LogP contribution is -2.14. The highest BCUT2D eigenvalue weighted by Gasteiger charge is 2.06. The second-order valence-corrected chi connectivity index (χ2v) is 5.05. The monoisotopic (exact) mass is 312 g/mol. The second kappa shape index (κ2) is 6.63. The fourth-order valence-electron chi connectivity index (χ4n) is 1.69. The lowest BCUT2D eigenvalue weighted by atomic mass is 10.2. The molecule has 0 bridgehead atoms. The number of aromatic nitrogens is 2. The molecule has 0 saturated heterocycles. The number of primary amides is 1. The van der Waals surface area contributed by atoms with Gasteiger partial charge in [-0.2, -0.15) is 5.10 Å².